The van der Waals surface area contributed by atoms with Crippen molar-refractivity contribution in [1.82, 2.24) is 10.2 Å². The number of likely N-dealkylation sites (N-methyl/N-ethyl adjacent to an activating group) is 1. The van der Waals surface area contributed by atoms with E-state index < -0.39 is 0 Å². The molecule has 0 aliphatic rings. The number of anilines is 2. The first-order chi connectivity index (χ1) is 11.1. The van der Waals surface area contributed by atoms with Crippen LogP contribution in [0.2, 0.25) is 0 Å². The molecular formula is C17H28N4O2. The van der Waals surface area contributed by atoms with Crippen molar-refractivity contribution in [3.8, 4) is 0 Å². The zero-order valence-corrected chi connectivity index (χ0v) is 14.3. The monoisotopic (exact) mass is 320 g/mol. The Morgan fingerprint density at radius 3 is 2.30 bits per heavy atom. The van der Waals surface area contributed by atoms with Crippen LogP contribution >= 0.6 is 0 Å². The third-order valence-electron chi connectivity index (χ3n) is 3.49. The highest BCUT2D eigenvalue weighted by Crippen LogP contribution is 2.15. The van der Waals surface area contributed by atoms with Crippen molar-refractivity contribution in [2.45, 2.75) is 33.6 Å². The number of nitrogens with zero attached hydrogens (tertiary/aromatic N) is 1. The summed E-state index contributed by atoms with van der Waals surface area (Å²) in [5.41, 5.74) is 1.34. The molecule has 0 aliphatic carbocycles. The van der Waals surface area contributed by atoms with E-state index in [0.29, 0.717) is 24.3 Å². The van der Waals surface area contributed by atoms with E-state index in [2.05, 4.69) is 34.7 Å². The average molecular weight is 320 g/mol. The largest absolute Gasteiger partial charge is 0.337 e. The Bertz CT molecular complexity index is 501. The van der Waals surface area contributed by atoms with Crippen molar-refractivity contribution in [2.24, 2.45) is 0 Å². The SMILES string of the molecule is CCCC(=O)Nc1cccc(NC(=O)NCCN(CC)CC)c1. The van der Waals surface area contributed by atoms with Gasteiger partial charge in [0.15, 0.2) is 0 Å². The number of amides is 3. The van der Waals surface area contributed by atoms with Gasteiger partial charge in [-0.1, -0.05) is 26.8 Å². The molecule has 6 nitrogen and oxygen atoms in total. The summed E-state index contributed by atoms with van der Waals surface area (Å²) in [4.78, 5) is 25.7. The fourth-order valence-electron chi connectivity index (χ4n) is 2.17. The summed E-state index contributed by atoms with van der Waals surface area (Å²) >= 11 is 0. The number of rotatable bonds is 9. The molecule has 128 valence electrons. The van der Waals surface area contributed by atoms with Crippen LogP contribution in [0, 0.1) is 0 Å². The highest BCUT2D eigenvalue weighted by molar-refractivity contribution is 5.93. The van der Waals surface area contributed by atoms with Crippen LogP contribution in [-0.2, 0) is 4.79 Å². The number of hydrogen-bond acceptors (Lipinski definition) is 3. The van der Waals surface area contributed by atoms with Crippen LogP contribution in [-0.4, -0.2) is 43.0 Å². The molecule has 0 fully saturated rings. The Morgan fingerprint density at radius 2 is 1.70 bits per heavy atom. The maximum absolute atomic E-state index is 11.9. The van der Waals surface area contributed by atoms with Crippen molar-refractivity contribution in [3.05, 3.63) is 24.3 Å². The Morgan fingerprint density at radius 1 is 1.04 bits per heavy atom. The third-order valence-corrected chi connectivity index (χ3v) is 3.49. The van der Waals surface area contributed by atoms with Crippen molar-refractivity contribution in [2.75, 3.05) is 36.8 Å². The van der Waals surface area contributed by atoms with E-state index in [1.807, 2.05) is 6.92 Å². The smallest absolute Gasteiger partial charge is 0.319 e. The highest BCUT2D eigenvalue weighted by Gasteiger charge is 2.05. The Balaban J connectivity index is 2.44. The fraction of sp³-hybridized carbons (Fsp3) is 0.529. The van der Waals surface area contributed by atoms with Gasteiger partial charge in [-0.3, -0.25) is 4.79 Å². The van der Waals surface area contributed by atoms with Crippen LogP contribution < -0.4 is 16.0 Å². The molecule has 0 saturated carbocycles. The first-order valence-corrected chi connectivity index (χ1v) is 8.26. The van der Waals surface area contributed by atoms with Crippen LogP contribution in [0.4, 0.5) is 16.2 Å². The second-order valence-electron chi connectivity index (χ2n) is 5.29. The molecule has 6 heteroatoms. The van der Waals surface area contributed by atoms with Gasteiger partial charge >= 0.3 is 6.03 Å². The third kappa shape index (κ3) is 7.65. The molecule has 0 aromatic heterocycles. The molecular weight excluding hydrogens is 292 g/mol. The quantitative estimate of drug-likeness (QED) is 0.655. The van der Waals surface area contributed by atoms with Crippen molar-refractivity contribution in [1.29, 1.82) is 0 Å². The average Bonchev–Trinajstić information content (AvgIpc) is 2.52. The number of benzene rings is 1. The number of carbonyl (C=O) groups is 2. The summed E-state index contributed by atoms with van der Waals surface area (Å²) in [7, 11) is 0. The lowest BCUT2D eigenvalue weighted by molar-refractivity contribution is -0.116. The van der Waals surface area contributed by atoms with Gasteiger partial charge < -0.3 is 20.9 Å². The van der Waals surface area contributed by atoms with E-state index in [0.717, 1.165) is 26.1 Å². The van der Waals surface area contributed by atoms with E-state index in [1.165, 1.54) is 0 Å². The number of hydrogen-bond donors (Lipinski definition) is 3. The summed E-state index contributed by atoms with van der Waals surface area (Å²) in [6.45, 7) is 9.52. The molecule has 1 rings (SSSR count). The molecule has 0 bridgehead atoms. The van der Waals surface area contributed by atoms with E-state index >= 15 is 0 Å². The van der Waals surface area contributed by atoms with Gasteiger partial charge in [0.2, 0.25) is 5.91 Å². The minimum Gasteiger partial charge on any atom is -0.337 e. The van der Waals surface area contributed by atoms with Gasteiger partial charge in [0.05, 0.1) is 0 Å². The van der Waals surface area contributed by atoms with Gasteiger partial charge in [0, 0.05) is 30.9 Å². The lowest BCUT2D eigenvalue weighted by Crippen LogP contribution is -2.36. The fourth-order valence-corrected chi connectivity index (χ4v) is 2.17. The molecule has 0 saturated heterocycles. The first-order valence-electron chi connectivity index (χ1n) is 8.26. The van der Waals surface area contributed by atoms with Gasteiger partial charge in [-0.15, -0.1) is 0 Å². The topological polar surface area (TPSA) is 73.5 Å². The lowest BCUT2D eigenvalue weighted by atomic mass is 10.2. The van der Waals surface area contributed by atoms with Gasteiger partial charge in [0.25, 0.3) is 0 Å². The van der Waals surface area contributed by atoms with E-state index in [1.54, 1.807) is 24.3 Å². The predicted octanol–water partition coefficient (Wildman–Crippen LogP) is 2.89. The Hall–Kier alpha value is -2.08. The Labute approximate surface area is 138 Å². The standard InChI is InChI=1S/C17H28N4O2/c1-4-8-16(22)19-14-9-7-10-15(13-14)20-17(23)18-11-12-21(5-2)6-3/h7,9-10,13H,4-6,8,11-12H2,1-3H3,(H,19,22)(H2,18,20,23). The minimum absolute atomic E-state index is 0.0201. The van der Waals surface area contributed by atoms with Gasteiger partial charge in [-0.2, -0.15) is 0 Å². The van der Waals surface area contributed by atoms with Gasteiger partial charge in [-0.05, 0) is 37.7 Å². The second kappa shape index (κ2) is 10.6. The number of nitrogens with one attached hydrogen (secondary N) is 3. The number of carbonyl (C=O) groups excluding carboxylic acids is 2. The summed E-state index contributed by atoms with van der Waals surface area (Å²) in [6, 6.07) is 6.90. The van der Waals surface area contributed by atoms with Crippen LogP contribution in [0.1, 0.15) is 33.6 Å². The summed E-state index contributed by atoms with van der Waals surface area (Å²) in [5, 5.41) is 8.42. The first kappa shape index (κ1) is 19.0. The summed E-state index contributed by atoms with van der Waals surface area (Å²) in [5.74, 6) is -0.0201. The maximum Gasteiger partial charge on any atom is 0.319 e. The van der Waals surface area contributed by atoms with E-state index in [9.17, 15) is 9.59 Å². The van der Waals surface area contributed by atoms with Gasteiger partial charge in [0.1, 0.15) is 0 Å². The zero-order valence-electron chi connectivity index (χ0n) is 14.3. The van der Waals surface area contributed by atoms with Crippen molar-refractivity contribution < 1.29 is 9.59 Å². The van der Waals surface area contributed by atoms with Gasteiger partial charge in [-0.25, -0.2) is 4.79 Å². The molecule has 3 amide bonds. The van der Waals surface area contributed by atoms with Crippen LogP contribution in [0.15, 0.2) is 24.3 Å². The van der Waals surface area contributed by atoms with Crippen molar-refractivity contribution in [3.63, 3.8) is 0 Å². The molecule has 0 unspecified atom stereocenters. The van der Waals surface area contributed by atoms with Crippen molar-refractivity contribution >= 4 is 23.3 Å². The molecule has 23 heavy (non-hydrogen) atoms. The number of urea groups is 1. The molecule has 0 heterocycles. The molecule has 0 radical (unpaired) electrons. The minimum atomic E-state index is -0.241. The molecule has 0 spiro atoms. The maximum atomic E-state index is 11.9. The highest BCUT2D eigenvalue weighted by atomic mass is 16.2. The molecule has 0 atom stereocenters. The van der Waals surface area contributed by atoms with Crippen LogP contribution in [0.5, 0.6) is 0 Å². The van der Waals surface area contributed by atoms with E-state index in [4.69, 9.17) is 0 Å². The van der Waals surface area contributed by atoms with Crippen LogP contribution in [0.25, 0.3) is 0 Å². The Kier molecular flexibility index (Phi) is 8.75. The summed E-state index contributed by atoms with van der Waals surface area (Å²) in [6.07, 6.45) is 1.29. The lowest BCUT2D eigenvalue weighted by Gasteiger charge is -2.18. The molecule has 0 aliphatic heterocycles. The summed E-state index contributed by atoms with van der Waals surface area (Å²) < 4.78 is 0. The zero-order chi connectivity index (χ0) is 17.1. The normalized spacial score (nSPS) is 10.4. The molecule has 3 N–H and O–H groups in total. The molecule has 1 aromatic carbocycles. The van der Waals surface area contributed by atoms with E-state index in [-0.39, 0.29) is 11.9 Å². The van der Waals surface area contributed by atoms with Crippen LogP contribution in [0.3, 0.4) is 0 Å². The molecule has 1 aromatic rings. The predicted molar refractivity (Wildman–Crippen MR) is 94.8 cm³/mol. The second-order valence-corrected chi connectivity index (χ2v) is 5.29.